The maximum absolute atomic E-state index is 14.1. The summed E-state index contributed by atoms with van der Waals surface area (Å²) in [5, 5.41) is 182. The highest BCUT2D eigenvalue weighted by Gasteiger charge is 2.62. The Labute approximate surface area is 489 Å². The minimum absolute atomic E-state index is 0.0178. The topological polar surface area (TPSA) is 470 Å². The van der Waals surface area contributed by atoms with Crippen LogP contribution in [0.3, 0.4) is 0 Å². The van der Waals surface area contributed by atoms with Crippen molar-refractivity contribution in [3.8, 4) is 0 Å². The lowest BCUT2D eigenvalue weighted by Gasteiger charge is -2.58. The summed E-state index contributed by atoms with van der Waals surface area (Å²) < 4.78 is 58.4. The van der Waals surface area contributed by atoms with Crippen LogP contribution < -0.4 is 0 Å². The van der Waals surface area contributed by atoms with Gasteiger partial charge >= 0.3 is 0 Å². The van der Waals surface area contributed by atoms with Gasteiger partial charge in [0, 0.05) is 18.4 Å². The number of aliphatic hydroxyl groups excluding tert-OH is 17. The molecule has 8 fully saturated rings. The zero-order chi connectivity index (χ0) is 61.9. The fourth-order valence-corrected chi connectivity index (χ4v) is 14.8. The summed E-state index contributed by atoms with van der Waals surface area (Å²) in [6.07, 6.45) is -39.1. The van der Waals surface area contributed by atoms with Crippen LogP contribution in [0.4, 0.5) is 0 Å². The van der Waals surface area contributed by atoms with Crippen molar-refractivity contribution in [2.24, 2.45) is 34.5 Å². The van der Waals surface area contributed by atoms with Crippen molar-refractivity contribution >= 4 is 11.6 Å². The van der Waals surface area contributed by atoms with Crippen molar-refractivity contribution in [3.63, 3.8) is 0 Å². The summed E-state index contributed by atoms with van der Waals surface area (Å²) in [7, 11) is 0. The molecule has 85 heavy (non-hydrogen) atoms. The largest absolute Gasteiger partial charge is 0.394 e. The molecule has 0 spiro atoms. The molecular weight excluding hydrogens is 1140 g/mol. The van der Waals surface area contributed by atoms with E-state index < -0.39 is 203 Å². The Morgan fingerprint density at radius 3 is 1.78 bits per heavy atom. The molecule has 29 heteroatoms. The van der Waals surface area contributed by atoms with Gasteiger partial charge in [0.2, 0.25) is 0 Å². The lowest BCUT2D eigenvalue weighted by molar-refractivity contribution is -0.404. The Morgan fingerprint density at radius 1 is 0.588 bits per heavy atom. The molecule has 29 nitrogen and oxygen atoms in total. The zero-order valence-corrected chi connectivity index (χ0v) is 47.8. The van der Waals surface area contributed by atoms with E-state index in [0.717, 1.165) is 5.57 Å². The van der Waals surface area contributed by atoms with Crippen LogP contribution in [0.2, 0.25) is 0 Å². The highest BCUT2D eigenvalue weighted by atomic mass is 16.8. The SMILES string of the molecule is C/C(C(=O)CC[C@@H](C)CO[C@@H]1O[C@H](CO)[C@@H](O)[C@H](O)[C@H]1O)=C1/C(=O)C[C@H]2[C@@H]3CC=C4C[C@@H](O[C@@H]5O[C@H](CO)[C@H](O[C@@H]6O[C@H](CO)[C@@H](O)[C@H](O[C@@H]7OC[C@@H](O)[C@H](O)[C@H]7O)[C@H]6O[C@@H]6O[C@H](CO)[C@@H](O)[C@H](O)[C@H]6O)[C@H](O)[C@H]5O)[C@H](O)C[C@]4(C)[C@H]3CC[C@]12C. The second kappa shape index (κ2) is 27.3. The standard InChI is InChI=1S/C56H88O29/c1-20(18-76-50-44(73)40(69)37(66)31(14-57)79-50)5-8-26(61)21(2)35-27(62)12-25-23-7-6-22-11-30(28(63)13-56(22,4)24(23)9-10-55(25,35)3)78-52-46(75)42(71)47(34(17-60)82-52)83-54-49(85-53-45(74)41(70)38(67)32(15-58)80-53)48(39(68)33(16-59)81-54)84-51-43(72)36(65)29(64)19-77-51/h6,20,23-25,28-34,36-54,57-60,63-75H,5,7-19H2,1-4H3/b35-21+/t20-,23-,24+,25+,28-,29-,30-,31-,32-,33-,34-,36+,37-,38-,39-,40+,41+,42-,43-,44-,45-,46-,47+,48+,49-,50-,51+,52-,53+,54+,55+,56+/m1/s1. The van der Waals surface area contributed by atoms with E-state index >= 15 is 0 Å². The predicted molar refractivity (Wildman–Crippen MR) is 280 cm³/mol. The number of rotatable bonds is 19. The molecule has 5 heterocycles. The van der Waals surface area contributed by atoms with Crippen molar-refractivity contribution in [1.82, 2.24) is 0 Å². The van der Waals surface area contributed by atoms with Crippen LogP contribution in [0, 0.1) is 34.5 Å². The first-order chi connectivity index (χ1) is 40.2. The Bertz CT molecular complexity index is 2340. The average molecular weight is 1230 g/mol. The first-order valence-electron chi connectivity index (χ1n) is 29.5. The monoisotopic (exact) mass is 1220 g/mol. The Balaban J connectivity index is 0.855. The molecule has 32 atom stereocenters. The van der Waals surface area contributed by atoms with Crippen LogP contribution in [-0.4, -0.2) is 298 Å². The van der Waals surface area contributed by atoms with Gasteiger partial charge in [0.1, 0.15) is 116 Å². The van der Waals surface area contributed by atoms with Crippen LogP contribution in [0.25, 0.3) is 0 Å². The second-order valence-corrected chi connectivity index (χ2v) is 25.3. The molecule has 0 aromatic rings. The number of aliphatic hydroxyl groups is 17. The van der Waals surface area contributed by atoms with Gasteiger partial charge < -0.3 is 134 Å². The smallest absolute Gasteiger partial charge is 0.187 e. The molecule has 0 radical (unpaired) electrons. The first-order valence-corrected chi connectivity index (χ1v) is 29.5. The molecule has 0 aromatic heterocycles. The molecule has 0 amide bonds. The van der Waals surface area contributed by atoms with Gasteiger partial charge in [0.25, 0.3) is 0 Å². The number of allylic oxidation sites excluding steroid dienone is 3. The van der Waals surface area contributed by atoms with Gasteiger partial charge in [-0.25, -0.2) is 0 Å². The van der Waals surface area contributed by atoms with Crippen molar-refractivity contribution in [1.29, 1.82) is 0 Å². The highest BCUT2D eigenvalue weighted by Crippen LogP contribution is 2.66. The summed E-state index contributed by atoms with van der Waals surface area (Å²) in [6, 6.07) is 0. The molecule has 5 saturated heterocycles. The minimum Gasteiger partial charge on any atom is -0.394 e. The van der Waals surface area contributed by atoms with Gasteiger partial charge in [-0.1, -0.05) is 32.4 Å². The van der Waals surface area contributed by atoms with E-state index in [1.807, 2.05) is 6.92 Å². The zero-order valence-electron chi connectivity index (χ0n) is 47.8. The van der Waals surface area contributed by atoms with E-state index in [4.69, 9.17) is 47.4 Å². The molecule has 3 saturated carbocycles. The normalized spacial score (nSPS) is 50.4. The van der Waals surface area contributed by atoms with Gasteiger partial charge in [-0.2, -0.15) is 0 Å². The highest BCUT2D eigenvalue weighted by molar-refractivity contribution is 6.08. The second-order valence-electron chi connectivity index (χ2n) is 25.3. The number of hydrogen-bond acceptors (Lipinski definition) is 29. The molecule has 17 N–H and O–H groups in total. The van der Waals surface area contributed by atoms with Crippen molar-refractivity contribution in [2.75, 3.05) is 39.6 Å². The number of ether oxygens (including phenoxy) is 10. The lowest BCUT2D eigenvalue weighted by atomic mass is 9.47. The van der Waals surface area contributed by atoms with Gasteiger partial charge in [-0.15, -0.1) is 0 Å². The summed E-state index contributed by atoms with van der Waals surface area (Å²) >= 11 is 0. The van der Waals surface area contributed by atoms with Crippen LogP contribution in [0.5, 0.6) is 0 Å². The lowest BCUT2D eigenvalue weighted by Crippen LogP contribution is -2.68. The van der Waals surface area contributed by atoms with Crippen molar-refractivity contribution < 1.29 is 144 Å². The van der Waals surface area contributed by atoms with E-state index in [1.165, 1.54) is 0 Å². The third-order valence-electron chi connectivity index (χ3n) is 19.9. The number of Topliss-reactive ketones (excluding diaryl/α,β-unsaturated/α-hetero) is 2. The fourth-order valence-electron chi connectivity index (χ4n) is 14.8. The van der Waals surface area contributed by atoms with Gasteiger partial charge in [0.05, 0.1) is 51.8 Å². The van der Waals surface area contributed by atoms with E-state index in [2.05, 4.69) is 19.9 Å². The quantitative estimate of drug-likeness (QED) is 0.0422. The van der Waals surface area contributed by atoms with E-state index in [1.54, 1.807) is 6.92 Å². The molecule has 486 valence electrons. The molecule has 9 rings (SSSR count). The average Bonchev–Trinajstić information content (AvgIpc) is 1.71. The van der Waals surface area contributed by atoms with Crippen molar-refractivity contribution in [2.45, 2.75) is 239 Å². The molecule has 4 aliphatic carbocycles. The molecule has 0 unspecified atom stereocenters. The molecule has 9 aliphatic rings. The number of hydrogen-bond donors (Lipinski definition) is 17. The van der Waals surface area contributed by atoms with Crippen LogP contribution in [-0.2, 0) is 57.0 Å². The number of carbonyl (C=O) groups is 2. The first kappa shape index (κ1) is 67.1. The number of carbonyl (C=O) groups excluding carboxylic acids is 2. The minimum atomic E-state index is -2.06. The molecule has 5 aliphatic heterocycles. The fraction of sp³-hybridized carbons (Fsp3) is 0.893. The van der Waals surface area contributed by atoms with E-state index in [9.17, 15) is 96.4 Å². The van der Waals surface area contributed by atoms with Gasteiger partial charge in [0.15, 0.2) is 43.0 Å². The Morgan fingerprint density at radius 2 is 1.13 bits per heavy atom. The third-order valence-corrected chi connectivity index (χ3v) is 19.9. The maximum atomic E-state index is 14.1. The molecule has 0 aromatic carbocycles. The molecule has 0 bridgehead atoms. The van der Waals surface area contributed by atoms with Crippen LogP contribution >= 0.6 is 0 Å². The number of ketones is 2. The summed E-state index contributed by atoms with van der Waals surface area (Å²) in [5.74, 6) is -0.534. The summed E-state index contributed by atoms with van der Waals surface area (Å²) in [4.78, 5) is 28.0. The van der Waals surface area contributed by atoms with E-state index in [0.29, 0.717) is 36.8 Å². The van der Waals surface area contributed by atoms with Crippen LogP contribution in [0.1, 0.15) is 79.1 Å². The Kier molecular flexibility index (Phi) is 21.6. The van der Waals surface area contributed by atoms with Gasteiger partial charge in [-0.05, 0) is 85.5 Å². The maximum Gasteiger partial charge on any atom is 0.187 e. The van der Waals surface area contributed by atoms with Gasteiger partial charge in [-0.3, -0.25) is 9.59 Å². The Hall–Kier alpha value is -2.26. The van der Waals surface area contributed by atoms with Crippen LogP contribution in [0.15, 0.2) is 22.8 Å². The number of fused-ring (bicyclic) bond motifs is 5. The van der Waals surface area contributed by atoms with Crippen molar-refractivity contribution in [3.05, 3.63) is 22.8 Å². The summed E-state index contributed by atoms with van der Waals surface area (Å²) in [6.45, 7) is 3.80. The molecular formula is C56H88O29. The third kappa shape index (κ3) is 12.9. The summed E-state index contributed by atoms with van der Waals surface area (Å²) in [5.41, 5.74) is 0.770. The predicted octanol–water partition coefficient (Wildman–Crippen LogP) is -6.49. The van der Waals surface area contributed by atoms with E-state index in [-0.39, 0.29) is 67.5 Å².